The Morgan fingerprint density at radius 2 is 1.55 bits per heavy atom. The standard InChI is InChI=1S/C19H12ClNO/c20-17-8-4-3-7-16(17)19-12-18(21-22-19)15-10-9-13-5-1-2-6-14(13)11-15/h1-12H. The minimum Gasteiger partial charge on any atom is -0.356 e. The van der Waals surface area contributed by atoms with Gasteiger partial charge in [0.2, 0.25) is 0 Å². The quantitative estimate of drug-likeness (QED) is 0.466. The van der Waals surface area contributed by atoms with Crippen molar-refractivity contribution in [2.45, 2.75) is 0 Å². The average molecular weight is 306 g/mol. The maximum atomic E-state index is 6.20. The minimum atomic E-state index is 0.656. The van der Waals surface area contributed by atoms with Crippen molar-refractivity contribution in [3.63, 3.8) is 0 Å². The molecular weight excluding hydrogens is 294 g/mol. The van der Waals surface area contributed by atoms with Crippen LogP contribution < -0.4 is 0 Å². The molecule has 0 amide bonds. The molecule has 0 N–H and O–H groups in total. The van der Waals surface area contributed by atoms with Gasteiger partial charge in [-0.2, -0.15) is 0 Å². The van der Waals surface area contributed by atoms with Crippen molar-refractivity contribution in [1.82, 2.24) is 5.16 Å². The third-order valence-electron chi connectivity index (χ3n) is 3.69. The smallest absolute Gasteiger partial charge is 0.168 e. The van der Waals surface area contributed by atoms with Crippen molar-refractivity contribution >= 4 is 22.4 Å². The van der Waals surface area contributed by atoms with E-state index in [1.165, 1.54) is 10.8 Å². The van der Waals surface area contributed by atoms with Crippen molar-refractivity contribution < 1.29 is 4.52 Å². The average Bonchev–Trinajstić information content (AvgIpc) is 3.04. The number of halogens is 1. The summed E-state index contributed by atoms with van der Waals surface area (Å²) in [5, 5.41) is 7.23. The number of hydrogen-bond acceptors (Lipinski definition) is 2. The molecule has 0 radical (unpaired) electrons. The van der Waals surface area contributed by atoms with Crippen LogP contribution in [0.2, 0.25) is 5.02 Å². The van der Waals surface area contributed by atoms with Crippen LogP contribution in [0, 0.1) is 0 Å². The Morgan fingerprint density at radius 1 is 0.773 bits per heavy atom. The van der Waals surface area contributed by atoms with Crippen LogP contribution in [0.5, 0.6) is 0 Å². The lowest BCUT2D eigenvalue weighted by Crippen LogP contribution is -1.78. The Bertz CT molecular complexity index is 958. The summed E-state index contributed by atoms with van der Waals surface area (Å²) in [4.78, 5) is 0. The third-order valence-corrected chi connectivity index (χ3v) is 4.02. The Kier molecular flexibility index (Phi) is 3.17. The van der Waals surface area contributed by atoms with Gasteiger partial charge >= 0.3 is 0 Å². The lowest BCUT2D eigenvalue weighted by Gasteiger charge is -2.00. The minimum absolute atomic E-state index is 0.656. The molecule has 0 aliphatic rings. The number of benzene rings is 3. The van der Waals surface area contributed by atoms with E-state index in [4.69, 9.17) is 16.1 Å². The SMILES string of the molecule is Clc1ccccc1-c1cc(-c2ccc3ccccc3c2)no1. The van der Waals surface area contributed by atoms with Crippen LogP contribution in [0.1, 0.15) is 0 Å². The van der Waals surface area contributed by atoms with Crippen LogP contribution in [-0.2, 0) is 0 Å². The van der Waals surface area contributed by atoms with Crippen molar-refractivity contribution in [3.8, 4) is 22.6 Å². The fraction of sp³-hybridized carbons (Fsp3) is 0. The Balaban J connectivity index is 1.78. The van der Waals surface area contributed by atoms with Gasteiger partial charge in [-0.3, -0.25) is 0 Å². The maximum Gasteiger partial charge on any atom is 0.168 e. The molecule has 2 nitrogen and oxygen atoms in total. The van der Waals surface area contributed by atoms with Gasteiger partial charge < -0.3 is 4.52 Å². The van der Waals surface area contributed by atoms with Gasteiger partial charge in [-0.1, -0.05) is 65.3 Å². The van der Waals surface area contributed by atoms with Crippen molar-refractivity contribution in [2.75, 3.05) is 0 Å². The Morgan fingerprint density at radius 3 is 2.41 bits per heavy atom. The molecule has 0 atom stereocenters. The first-order valence-electron chi connectivity index (χ1n) is 7.02. The van der Waals surface area contributed by atoms with E-state index < -0.39 is 0 Å². The summed E-state index contributed by atoms with van der Waals surface area (Å²) in [6.07, 6.45) is 0. The van der Waals surface area contributed by atoms with Gasteiger partial charge in [-0.05, 0) is 29.0 Å². The lowest BCUT2D eigenvalue weighted by molar-refractivity contribution is 0.435. The highest BCUT2D eigenvalue weighted by Crippen LogP contribution is 2.31. The van der Waals surface area contributed by atoms with Crippen molar-refractivity contribution in [3.05, 3.63) is 77.8 Å². The van der Waals surface area contributed by atoms with Crippen LogP contribution in [-0.4, -0.2) is 5.16 Å². The normalized spacial score (nSPS) is 11.0. The molecule has 3 heteroatoms. The van der Waals surface area contributed by atoms with Crippen molar-refractivity contribution in [1.29, 1.82) is 0 Å². The van der Waals surface area contributed by atoms with Gasteiger partial charge in [-0.25, -0.2) is 0 Å². The molecule has 0 spiro atoms. The number of nitrogens with zero attached hydrogens (tertiary/aromatic N) is 1. The first kappa shape index (κ1) is 13.1. The monoisotopic (exact) mass is 305 g/mol. The lowest BCUT2D eigenvalue weighted by atomic mass is 10.0. The molecule has 4 rings (SSSR count). The molecule has 106 valence electrons. The molecule has 0 bridgehead atoms. The van der Waals surface area contributed by atoms with Crippen LogP contribution in [0.3, 0.4) is 0 Å². The van der Waals surface area contributed by atoms with Gasteiger partial charge in [0.25, 0.3) is 0 Å². The van der Waals surface area contributed by atoms with Crippen LogP contribution in [0.25, 0.3) is 33.4 Å². The summed E-state index contributed by atoms with van der Waals surface area (Å²) in [6, 6.07) is 24.0. The number of rotatable bonds is 2. The second kappa shape index (κ2) is 5.32. The summed E-state index contributed by atoms with van der Waals surface area (Å²) in [5.41, 5.74) is 2.69. The third kappa shape index (κ3) is 2.28. The molecule has 3 aromatic carbocycles. The molecule has 0 aliphatic heterocycles. The summed E-state index contributed by atoms with van der Waals surface area (Å²) in [7, 11) is 0. The van der Waals surface area contributed by atoms with E-state index in [2.05, 4.69) is 35.5 Å². The van der Waals surface area contributed by atoms with E-state index in [0.717, 1.165) is 16.8 Å². The highest BCUT2D eigenvalue weighted by molar-refractivity contribution is 6.33. The Hall–Kier alpha value is -2.58. The summed E-state index contributed by atoms with van der Waals surface area (Å²) in [6.45, 7) is 0. The molecule has 1 aromatic heterocycles. The zero-order chi connectivity index (χ0) is 14.9. The molecular formula is C19H12ClNO. The maximum absolute atomic E-state index is 6.20. The first-order valence-corrected chi connectivity index (χ1v) is 7.40. The topological polar surface area (TPSA) is 26.0 Å². The largest absolute Gasteiger partial charge is 0.356 e. The molecule has 0 unspecified atom stereocenters. The van der Waals surface area contributed by atoms with E-state index >= 15 is 0 Å². The zero-order valence-corrected chi connectivity index (χ0v) is 12.4. The van der Waals surface area contributed by atoms with Gasteiger partial charge in [0.05, 0.1) is 5.02 Å². The van der Waals surface area contributed by atoms with E-state index in [1.54, 1.807) is 0 Å². The van der Waals surface area contributed by atoms with E-state index in [9.17, 15) is 0 Å². The molecule has 22 heavy (non-hydrogen) atoms. The number of aromatic nitrogens is 1. The van der Waals surface area contributed by atoms with Gasteiger partial charge in [0.15, 0.2) is 5.76 Å². The zero-order valence-electron chi connectivity index (χ0n) is 11.7. The van der Waals surface area contributed by atoms with Crippen LogP contribution >= 0.6 is 11.6 Å². The predicted molar refractivity (Wildman–Crippen MR) is 89.9 cm³/mol. The van der Waals surface area contributed by atoms with E-state index in [-0.39, 0.29) is 0 Å². The molecule has 0 fully saturated rings. The van der Waals surface area contributed by atoms with Crippen molar-refractivity contribution in [2.24, 2.45) is 0 Å². The van der Waals surface area contributed by atoms with E-state index in [0.29, 0.717) is 10.8 Å². The fourth-order valence-electron chi connectivity index (χ4n) is 2.55. The van der Waals surface area contributed by atoms with E-state index in [1.807, 2.05) is 42.5 Å². The predicted octanol–water partition coefficient (Wildman–Crippen LogP) is 5.82. The molecule has 4 aromatic rings. The first-order chi connectivity index (χ1) is 10.8. The highest BCUT2D eigenvalue weighted by Gasteiger charge is 2.11. The molecule has 0 saturated carbocycles. The summed E-state index contributed by atoms with van der Waals surface area (Å²) >= 11 is 6.20. The van der Waals surface area contributed by atoms with Gasteiger partial charge in [-0.15, -0.1) is 0 Å². The highest BCUT2D eigenvalue weighted by atomic mass is 35.5. The van der Waals surface area contributed by atoms with Crippen LogP contribution in [0.15, 0.2) is 77.3 Å². The number of fused-ring (bicyclic) bond motifs is 1. The Labute approximate surface area is 132 Å². The second-order valence-electron chi connectivity index (χ2n) is 5.12. The summed E-state index contributed by atoms with van der Waals surface area (Å²) in [5.74, 6) is 0.675. The molecule has 1 heterocycles. The molecule has 0 saturated heterocycles. The van der Waals surface area contributed by atoms with Gasteiger partial charge in [0, 0.05) is 17.2 Å². The van der Waals surface area contributed by atoms with Crippen LogP contribution in [0.4, 0.5) is 0 Å². The van der Waals surface area contributed by atoms with Gasteiger partial charge in [0.1, 0.15) is 5.69 Å². The second-order valence-corrected chi connectivity index (χ2v) is 5.53. The molecule has 0 aliphatic carbocycles. The fourth-order valence-corrected chi connectivity index (χ4v) is 2.78. The summed E-state index contributed by atoms with van der Waals surface area (Å²) < 4.78 is 5.46. The number of hydrogen-bond donors (Lipinski definition) is 0.